The molecule has 0 aliphatic carbocycles. The van der Waals surface area contributed by atoms with E-state index in [9.17, 15) is 18.5 Å². The van der Waals surface area contributed by atoms with Gasteiger partial charge in [-0.05, 0) is 67.8 Å². The van der Waals surface area contributed by atoms with Crippen LogP contribution in [0.2, 0.25) is 0 Å². The highest BCUT2D eigenvalue weighted by molar-refractivity contribution is 7.85. The summed E-state index contributed by atoms with van der Waals surface area (Å²) < 4.78 is 35.9. The SMILES string of the molecule is CC(C)CS(=O)c1c(CC(C)(C)C(=O)O)n(Cc2ccc(-c3ccc(F)cn3)cc2)c2ccc(OCc3ccc4ccccc4n3)cc12. The Hall–Kier alpha value is -4.89. The first-order valence-corrected chi connectivity index (χ1v) is 17.3. The molecular formula is C39H38FN3O4S. The summed E-state index contributed by atoms with van der Waals surface area (Å²) in [5.74, 6) is -0.113. The monoisotopic (exact) mass is 663 g/mol. The number of aromatic nitrogens is 3. The Bertz CT molecular complexity index is 2120. The van der Waals surface area contributed by atoms with Crippen molar-refractivity contribution in [1.29, 1.82) is 0 Å². The Labute approximate surface area is 281 Å². The van der Waals surface area contributed by atoms with Gasteiger partial charge in [-0.25, -0.2) is 9.37 Å². The van der Waals surface area contributed by atoms with E-state index in [0.29, 0.717) is 28.6 Å². The molecule has 7 nitrogen and oxygen atoms in total. The van der Waals surface area contributed by atoms with Crippen molar-refractivity contribution in [3.8, 4) is 17.0 Å². The number of para-hydroxylation sites is 1. The van der Waals surface area contributed by atoms with Crippen LogP contribution in [0.4, 0.5) is 4.39 Å². The summed E-state index contributed by atoms with van der Waals surface area (Å²) in [5.41, 5.74) is 4.63. The molecule has 0 aliphatic heterocycles. The first kappa shape index (κ1) is 33.0. The molecule has 0 aliphatic rings. The van der Waals surface area contributed by atoms with Crippen molar-refractivity contribution in [2.24, 2.45) is 11.3 Å². The molecule has 0 saturated heterocycles. The first-order chi connectivity index (χ1) is 23.0. The molecule has 6 rings (SSSR count). The van der Waals surface area contributed by atoms with Crippen LogP contribution in [-0.4, -0.2) is 35.6 Å². The predicted octanol–water partition coefficient (Wildman–Crippen LogP) is 8.43. The maximum atomic E-state index is 14.1. The Morgan fingerprint density at radius 1 is 1.00 bits per heavy atom. The number of carboxylic acids is 1. The number of halogens is 1. The summed E-state index contributed by atoms with van der Waals surface area (Å²) in [6, 6.07) is 28.5. The number of carboxylic acid groups (broad SMARTS) is 1. The number of nitrogens with zero attached hydrogens (tertiary/aromatic N) is 3. The van der Waals surface area contributed by atoms with E-state index in [2.05, 4.69) is 9.55 Å². The molecule has 3 aromatic carbocycles. The number of hydrogen-bond donors (Lipinski definition) is 1. The molecule has 246 valence electrons. The van der Waals surface area contributed by atoms with Gasteiger partial charge in [0.25, 0.3) is 0 Å². The van der Waals surface area contributed by atoms with Gasteiger partial charge in [-0.3, -0.25) is 14.0 Å². The Kier molecular flexibility index (Phi) is 9.42. The maximum Gasteiger partial charge on any atom is 0.309 e. The van der Waals surface area contributed by atoms with Crippen molar-refractivity contribution in [2.75, 3.05) is 5.75 Å². The van der Waals surface area contributed by atoms with Crippen LogP contribution in [-0.2, 0) is 35.2 Å². The van der Waals surface area contributed by atoms with Gasteiger partial charge in [0.1, 0.15) is 18.2 Å². The third-order valence-corrected chi connectivity index (χ3v) is 10.2. The Morgan fingerprint density at radius 2 is 1.77 bits per heavy atom. The van der Waals surface area contributed by atoms with E-state index >= 15 is 0 Å². The van der Waals surface area contributed by atoms with Crippen LogP contribution in [0.5, 0.6) is 5.75 Å². The van der Waals surface area contributed by atoms with Crippen LogP contribution >= 0.6 is 0 Å². The lowest BCUT2D eigenvalue weighted by atomic mass is 9.88. The van der Waals surface area contributed by atoms with Crippen molar-refractivity contribution in [3.63, 3.8) is 0 Å². The molecule has 6 aromatic rings. The van der Waals surface area contributed by atoms with Crippen molar-refractivity contribution < 1.29 is 23.2 Å². The van der Waals surface area contributed by atoms with Gasteiger partial charge in [-0.15, -0.1) is 0 Å². The third kappa shape index (κ3) is 7.16. The molecule has 0 radical (unpaired) electrons. The number of aliphatic carboxylic acids is 1. The number of rotatable bonds is 12. The minimum Gasteiger partial charge on any atom is -0.487 e. The molecule has 0 saturated carbocycles. The second-order valence-corrected chi connectivity index (χ2v) is 14.6. The van der Waals surface area contributed by atoms with Gasteiger partial charge in [0.2, 0.25) is 0 Å². The summed E-state index contributed by atoms with van der Waals surface area (Å²) in [6.45, 7) is 8.14. The van der Waals surface area contributed by atoms with E-state index in [1.807, 2.05) is 92.7 Å². The average Bonchev–Trinajstić information content (AvgIpc) is 3.35. The number of benzene rings is 3. The molecule has 9 heteroatoms. The van der Waals surface area contributed by atoms with Crippen molar-refractivity contribution in [1.82, 2.24) is 14.5 Å². The van der Waals surface area contributed by atoms with Crippen LogP contribution < -0.4 is 4.74 Å². The first-order valence-electron chi connectivity index (χ1n) is 15.9. The number of pyridine rings is 2. The van der Waals surface area contributed by atoms with Crippen LogP contribution in [0.3, 0.4) is 0 Å². The summed E-state index contributed by atoms with van der Waals surface area (Å²) in [5, 5.41) is 12.0. The average molecular weight is 664 g/mol. The van der Waals surface area contributed by atoms with Gasteiger partial charge in [0.15, 0.2) is 0 Å². The van der Waals surface area contributed by atoms with Crippen LogP contribution in [0.1, 0.15) is 44.6 Å². The fraction of sp³-hybridized carbons (Fsp3) is 0.256. The third-order valence-electron chi connectivity index (χ3n) is 8.35. The van der Waals surface area contributed by atoms with E-state index in [4.69, 9.17) is 9.72 Å². The minimum absolute atomic E-state index is 0.163. The van der Waals surface area contributed by atoms with Gasteiger partial charge in [-0.1, -0.05) is 62.4 Å². The largest absolute Gasteiger partial charge is 0.487 e. The molecule has 48 heavy (non-hydrogen) atoms. The van der Waals surface area contributed by atoms with Crippen molar-refractivity contribution >= 4 is 38.6 Å². The van der Waals surface area contributed by atoms with Gasteiger partial charge in [0, 0.05) is 40.7 Å². The van der Waals surface area contributed by atoms with Gasteiger partial charge >= 0.3 is 5.97 Å². The number of carbonyl (C=O) groups is 1. The van der Waals surface area contributed by atoms with Crippen LogP contribution in [0, 0.1) is 17.2 Å². The van der Waals surface area contributed by atoms with E-state index in [1.165, 1.54) is 12.3 Å². The minimum atomic E-state index is -1.40. The van der Waals surface area contributed by atoms with Gasteiger partial charge in [-0.2, -0.15) is 0 Å². The molecule has 1 N–H and O–H groups in total. The summed E-state index contributed by atoms with van der Waals surface area (Å²) in [6.07, 6.45) is 1.38. The highest BCUT2D eigenvalue weighted by Gasteiger charge is 2.33. The van der Waals surface area contributed by atoms with Crippen LogP contribution in [0.25, 0.3) is 33.1 Å². The number of hydrogen-bond acceptors (Lipinski definition) is 5. The highest BCUT2D eigenvalue weighted by atomic mass is 32.2. The summed E-state index contributed by atoms with van der Waals surface area (Å²) in [7, 11) is -1.40. The fourth-order valence-electron chi connectivity index (χ4n) is 5.79. The molecule has 0 spiro atoms. The molecule has 0 bridgehead atoms. The Morgan fingerprint density at radius 3 is 2.48 bits per heavy atom. The molecule has 0 amide bonds. The molecule has 3 heterocycles. The lowest BCUT2D eigenvalue weighted by Crippen LogP contribution is -2.28. The summed E-state index contributed by atoms with van der Waals surface area (Å²) in [4.78, 5) is 21.9. The Balaban J connectivity index is 1.41. The molecule has 0 fully saturated rings. The van der Waals surface area contributed by atoms with E-state index < -0.39 is 28.0 Å². The standard InChI is InChI=1S/C39H38FN3O4S/c1-25(2)24-48(46)37-32-19-31(47-23-30-15-13-27-7-5-6-8-34(27)42-30)16-18-35(32)43(36(37)20-39(3,4)38(44)45)22-26-9-11-28(12-10-26)33-17-14-29(40)21-41-33/h5-19,21,25H,20,22-24H2,1-4H3,(H,44,45). The molecule has 1 atom stereocenters. The zero-order chi connectivity index (χ0) is 34.0. The quantitative estimate of drug-likeness (QED) is 0.141. The highest BCUT2D eigenvalue weighted by Crippen LogP contribution is 2.37. The van der Waals surface area contributed by atoms with Crippen molar-refractivity contribution in [3.05, 3.63) is 120 Å². The van der Waals surface area contributed by atoms with Crippen LogP contribution in [0.15, 0.2) is 102 Å². The molecule has 3 aromatic heterocycles. The molecular weight excluding hydrogens is 626 g/mol. The van der Waals surface area contributed by atoms with E-state index in [-0.39, 0.29) is 18.9 Å². The second kappa shape index (κ2) is 13.7. The second-order valence-electron chi connectivity index (χ2n) is 13.2. The lowest BCUT2D eigenvalue weighted by molar-refractivity contribution is -0.146. The fourth-order valence-corrected chi connectivity index (χ4v) is 7.42. The number of fused-ring (bicyclic) bond motifs is 2. The van der Waals surface area contributed by atoms with Gasteiger partial charge in [0.05, 0.1) is 49.7 Å². The topological polar surface area (TPSA) is 94.3 Å². The zero-order valence-corrected chi connectivity index (χ0v) is 28.3. The predicted molar refractivity (Wildman–Crippen MR) is 188 cm³/mol. The lowest BCUT2D eigenvalue weighted by Gasteiger charge is -2.22. The number of ether oxygens (including phenoxy) is 1. The van der Waals surface area contributed by atoms with Crippen molar-refractivity contribution in [2.45, 2.75) is 52.2 Å². The van der Waals surface area contributed by atoms with E-state index in [1.54, 1.807) is 19.9 Å². The van der Waals surface area contributed by atoms with Gasteiger partial charge < -0.3 is 14.4 Å². The molecule has 1 unspecified atom stereocenters. The zero-order valence-electron chi connectivity index (χ0n) is 27.4. The summed E-state index contributed by atoms with van der Waals surface area (Å²) >= 11 is 0. The normalized spacial score (nSPS) is 12.5. The smallest absolute Gasteiger partial charge is 0.309 e. The van der Waals surface area contributed by atoms with E-state index in [0.717, 1.165) is 44.3 Å². The maximum absolute atomic E-state index is 14.1.